The number of carbonyl (C=O) groups excluding carboxylic acids is 3. The molecule has 0 saturated heterocycles. The third-order valence-electron chi connectivity index (χ3n) is 6.95. The van der Waals surface area contributed by atoms with Gasteiger partial charge < -0.3 is 15.3 Å². The zero-order chi connectivity index (χ0) is 29.3. The molecule has 3 N–H and O–H groups in total. The molecule has 0 aliphatic rings. The van der Waals surface area contributed by atoms with Crippen LogP contribution in [0.5, 0.6) is 0 Å². The van der Waals surface area contributed by atoms with Crippen LogP contribution in [-0.2, 0) is 19.2 Å². The molecule has 228 valence electrons. The minimum absolute atomic E-state index is 0.0843. The van der Waals surface area contributed by atoms with E-state index in [9.17, 15) is 29.4 Å². The van der Waals surface area contributed by atoms with Crippen LogP contribution in [0.15, 0.2) is 0 Å². The quantitative estimate of drug-likeness (QED) is 0.103. The molecular weight excluding hydrogens is 518 g/mol. The van der Waals surface area contributed by atoms with Gasteiger partial charge >= 0.3 is 5.97 Å². The van der Waals surface area contributed by atoms with Crippen molar-refractivity contribution in [3.8, 4) is 0 Å². The zero-order valence-corrected chi connectivity index (χ0v) is 25.4. The Bertz CT molecular complexity index is 640. The fourth-order valence-corrected chi connectivity index (χ4v) is 5.37. The van der Waals surface area contributed by atoms with Crippen LogP contribution in [0.2, 0.25) is 0 Å². The Morgan fingerprint density at radius 1 is 0.641 bits per heavy atom. The molecule has 2 atom stereocenters. The number of amides is 2. The number of rotatable bonds is 26. The number of carboxylic acid groups (broad SMARTS) is 1. The summed E-state index contributed by atoms with van der Waals surface area (Å²) in [4.78, 5) is 51.0. The molecule has 9 heteroatoms. The van der Waals surface area contributed by atoms with Crippen LogP contribution in [0.1, 0.15) is 142 Å². The van der Waals surface area contributed by atoms with Crippen LogP contribution in [0.25, 0.3) is 0 Å². The molecule has 39 heavy (non-hydrogen) atoms. The van der Waals surface area contributed by atoms with Crippen molar-refractivity contribution in [1.82, 2.24) is 4.90 Å². The minimum Gasteiger partial charge on any atom is -0.480 e. The van der Waals surface area contributed by atoms with E-state index >= 15 is 0 Å². The highest BCUT2D eigenvalue weighted by Crippen LogP contribution is 2.19. The Morgan fingerprint density at radius 3 is 1.33 bits per heavy atom. The topological polar surface area (TPSA) is 132 Å². The van der Waals surface area contributed by atoms with Gasteiger partial charge in [0.25, 0.3) is 0 Å². The van der Waals surface area contributed by atoms with Gasteiger partial charge in [-0.2, -0.15) is 0 Å². The molecule has 0 aromatic heterocycles. The predicted molar refractivity (Wildman–Crippen MR) is 158 cm³/mol. The van der Waals surface area contributed by atoms with Crippen LogP contribution in [0.4, 0.5) is 0 Å². The zero-order valence-electron chi connectivity index (χ0n) is 24.5. The summed E-state index contributed by atoms with van der Waals surface area (Å²) < 4.78 is 0. The third kappa shape index (κ3) is 19.3. The first-order valence-electron chi connectivity index (χ1n) is 15.3. The van der Waals surface area contributed by atoms with Crippen molar-refractivity contribution in [3.05, 3.63) is 0 Å². The van der Waals surface area contributed by atoms with E-state index in [1.54, 1.807) is 0 Å². The van der Waals surface area contributed by atoms with Gasteiger partial charge in [0, 0.05) is 18.6 Å². The average molecular weight is 574 g/mol. The second-order valence-corrected chi connectivity index (χ2v) is 11.5. The molecular formula is C30H55NO7S. The molecule has 0 saturated carbocycles. The number of hydrogen-bond acceptors (Lipinski definition) is 7. The standard InChI is InChI=1S/C30H55NO7S/c1-3-5-7-9-11-13-15-17-19-21-27(34)31(25(29(36)37)24-39-30(38)26(33)23-32)28(35)22-20-18-16-14-12-10-8-6-4-2/h25-26,32-33H,3-24H2,1-2H3,(H,36,37)/t25-,26?/m0/s1. The molecule has 0 bridgehead atoms. The lowest BCUT2D eigenvalue weighted by molar-refractivity contribution is -0.157. The summed E-state index contributed by atoms with van der Waals surface area (Å²) >= 11 is 0.519. The second kappa shape index (κ2) is 25.5. The number of aliphatic hydroxyl groups is 2. The van der Waals surface area contributed by atoms with Gasteiger partial charge in [0.05, 0.1) is 6.61 Å². The first-order valence-corrected chi connectivity index (χ1v) is 16.3. The van der Waals surface area contributed by atoms with Crippen molar-refractivity contribution in [1.29, 1.82) is 0 Å². The number of carbonyl (C=O) groups is 4. The number of hydrogen-bond donors (Lipinski definition) is 3. The first kappa shape index (κ1) is 37.6. The van der Waals surface area contributed by atoms with E-state index in [0.29, 0.717) is 24.6 Å². The Kier molecular flexibility index (Phi) is 24.6. The van der Waals surface area contributed by atoms with Crippen molar-refractivity contribution in [3.63, 3.8) is 0 Å². The summed E-state index contributed by atoms with van der Waals surface area (Å²) in [5.41, 5.74) is 0. The summed E-state index contributed by atoms with van der Waals surface area (Å²) in [5.74, 6) is -2.78. The fraction of sp³-hybridized carbons (Fsp3) is 0.867. The lowest BCUT2D eigenvalue weighted by Crippen LogP contribution is -2.50. The van der Waals surface area contributed by atoms with Crippen molar-refractivity contribution in [2.24, 2.45) is 0 Å². The summed E-state index contributed by atoms with van der Waals surface area (Å²) in [6.07, 6.45) is 17.8. The normalized spacial score (nSPS) is 12.7. The summed E-state index contributed by atoms with van der Waals surface area (Å²) in [5, 5.41) is 27.5. The van der Waals surface area contributed by atoms with E-state index in [1.165, 1.54) is 64.2 Å². The lowest BCUT2D eigenvalue weighted by atomic mass is 10.0. The summed E-state index contributed by atoms with van der Waals surface area (Å²) in [6, 6.07) is -1.50. The third-order valence-corrected chi connectivity index (χ3v) is 7.99. The van der Waals surface area contributed by atoms with E-state index in [2.05, 4.69) is 13.8 Å². The van der Waals surface area contributed by atoms with E-state index in [4.69, 9.17) is 5.11 Å². The van der Waals surface area contributed by atoms with E-state index in [1.807, 2.05) is 0 Å². The van der Waals surface area contributed by atoms with Crippen LogP contribution < -0.4 is 0 Å². The minimum atomic E-state index is -1.63. The van der Waals surface area contributed by atoms with Crippen LogP contribution in [0, 0.1) is 0 Å². The highest BCUT2D eigenvalue weighted by molar-refractivity contribution is 8.13. The number of imide groups is 1. The number of carboxylic acids is 1. The smallest absolute Gasteiger partial charge is 0.327 e. The molecule has 0 spiro atoms. The average Bonchev–Trinajstić information content (AvgIpc) is 2.92. The van der Waals surface area contributed by atoms with Gasteiger partial charge in [-0.3, -0.25) is 19.3 Å². The number of nitrogens with zero attached hydrogens (tertiary/aromatic N) is 1. The fourth-order valence-electron chi connectivity index (χ4n) is 4.49. The Labute approximate surface area is 240 Å². The highest BCUT2D eigenvalue weighted by atomic mass is 32.2. The van der Waals surface area contributed by atoms with Crippen molar-refractivity contribution >= 4 is 34.7 Å². The molecule has 0 rings (SSSR count). The number of aliphatic carboxylic acids is 1. The maximum atomic E-state index is 13.1. The molecule has 0 aromatic rings. The summed E-state index contributed by atoms with van der Waals surface area (Å²) in [6.45, 7) is 3.60. The van der Waals surface area contributed by atoms with Gasteiger partial charge in [-0.15, -0.1) is 0 Å². The van der Waals surface area contributed by atoms with Crippen LogP contribution >= 0.6 is 11.8 Å². The van der Waals surface area contributed by atoms with Crippen molar-refractivity contribution in [2.75, 3.05) is 12.4 Å². The van der Waals surface area contributed by atoms with Gasteiger partial charge in [-0.1, -0.05) is 128 Å². The van der Waals surface area contributed by atoms with E-state index in [-0.39, 0.29) is 18.6 Å². The van der Waals surface area contributed by atoms with Gasteiger partial charge in [0.2, 0.25) is 16.9 Å². The number of unbranched alkanes of at least 4 members (excludes halogenated alkanes) is 16. The molecule has 8 nitrogen and oxygen atoms in total. The van der Waals surface area contributed by atoms with Crippen molar-refractivity contribution < 1.29 is 34.5 Å². The Balaban J connectivity index is 4.91. The van der Waals surface area contributed by atoms with Crippen LogP contribution in [-0.4, -0.2) is 67.6 Å². The maximum absolute atomic E-state index is 13.1. The van der Waals surface area contributed by atoms with Crippen molar-refractivity contribution in [2.45, 2.75) is 154 Å². The number of aliphatic hydroxyl groups excluding tert-OH is 2. The van der Waals surface area contributed by atoms with Gasteiger partial charge in [-0.05, 0) is 12.8 Å². The summed E-state index contributed by atoms with van der Waals surface area (Å²) in [7, 11) is 0. The molecule has 2 amide bonds. The lowest BCUT2D eigenvalue weighted by Gasteiger charge is -2.27. The van der Waals surface area contributed by atoms with Gasteiger partial charge in [-0.25, -0.2) is 4.79 Å². The molecule has 0 radical (unpaired) electrons. The number of thioether (sulfide) groups is 1. The molecule has 0 aliphatic carbocycles. The Morgan fingerprint density at radius 2 is 1.00 bits per heavy atom. The largest absolute Gasteiger partial charge is 0.480 e. The van der Waals surface area contributed by atoms with Gasteiger partial charge in [0.15, 0.2) is 0 Å². The molecule has 0 aliphatic heterocycles. The monoisotopic (exact) mass is 573 g/mol. The predicted octanol–water partition coefficient (Wildman–Crippen LogP) is 6.25. The van der Waals surface area contributed by atoms with E-state index in [0.717, 1.165) is 43.4 Å². The first-order chi connectivity index (χ1) is 18.8. The second-order valence-electron chi connectivity index (χ2n) is 10.5. The van der Waals surface area contributed by atoms with Gasteiger partial charge in [0.1, 0.15) is 12.1 Å². The highest BCUT2D eigenvalue weighted by Gasteiger charge is 2.35. The molecule has 1 unspecified atom stereocenters. The maximum Gasteiger partial charge on any atom is 0.327 e. The van der Waals surface area contributed by atoms with Crippen LogP contribution in [0.3, 0.4) is 0 Å². The molecule has 0 heterocycles. The molecule has 0 aromatic carbocycles. The SMILES string of the molecule is CCCCCCCCCCCC(=O)N(C(=O)CCCCCCCCCCC)[C@@H](CSC(=O)C(O)CO)C(=O)O. The molecule has 0 fully saturated rings. The Hall–Kier alpha value is -1.45. The van der Waals surface area contributed by atoms with E-state index < -0.39 is 41.7 Å².